The fraction of sp³-hybridized carbons (Fsp3) is 0.312. The molecule has 110 valence electrons. The Morgan fingerprint density at radius 3 is 3.00 bits per heavy atom. The molecule has 1 aliphatic heterocycles. The Morgan fingerprint density at radius 2 is 2.24 bits per heavy atom. The zero-order chi connectivity index (χ0) is 14.8. The van der Waals surface area contributed by atoms with E-state index in [1.165, 1.54) is 22.7 Å². The highest BCUT2D eigenvalue weighted by Crippen LogP contribution is 2.38. The van der Waals surface area contributed by atoms with Crippen molar-refractivity contribution in [3.8, 4) is 0 Å². The monoisotopic (exact) mass is 322 g/mol. The number of fused-ring (bicyclic) bond motifs is 1. The highest BCUT2D eigenvalue weighted by molar-refractivity contribution is 7.99. The van der Waals surface area contributed by atoms with Gasteiger partial charge < -0.3 is 5.32 Å². The van der Waals surface area contributed by atoms with Crippen molar-refractivity contribution in [2.45, 2.75) is 30.3 Å². The van der Waals surface area contributed by atoms with E-state index >= 15 is 0 Å². The van der Waals surface area contributed by atoms with Crippen LogP contribution in [0.25, 0.3) is 0 Å². The molecule has 3 rings (SSSR count). The summed E-state index contributed by atoms with van der Waals surface area (Å²) in [6.45, 7) is 2.05. The van der Waals surface area contributed by atoms with E-state index in [1.807, 2.05) is 30.8 Å². The maximum Gasteiger partial charge on any atom is 0.141 e. The Labute approximate surface area is 133 Å². The van der Waals surface area contributed by atoms with Gasteiger partial charge in [0, 0.05) is 22.0 Å². The highest BCUT2D eigenvalue weighted by Gasteiger charge is 2.23. The van der Waals surface area contributed by atoms with Gasteiger partial charge in [0.05, 0.1) is 11.9 Å². The number of nitrogens with one attached hydrogen (secondary N) is 1. The number of halogens is 2. The van der Waals surface area contributed by atoms with Crippen LogP contribution in [0.15, 0.2) is 41.4 Å². The molecule has 1 N–H and O–H groups in total. The number of hydrogen-bond donors (Lipinski definition) is 1. The van der Waals surface area contributed by atoms with E-state index in [9.17, 15) is 4.39 Å². The molecule has 0 radical (unpaired) electrons. The van der Waals surface area contributed by atoms with E-state index in [2.05, 4.69) is 16.4 Å². The van der Waals surface area contributed by atoms with Crippen molar-refractivity contribution in [3.63, 3.8) is 0 Å². The van der Waals surface area contributed by atoms with Gasteiger partial charge in [-0.3, -0.25) is 4.98 Å². The summed E-state index contributed by atoms with van der Waals surface area (Å²) in [6.07, 6.45) is 2.30. The number of rotatable bonds is 3. The minimum absolute atomic E-state index is 0.0607. The van der Waals surface area contributed by atoms with Gasteiger partial charge in [-0.15, -0.1) is 11.8 Å². The van der Waals surface area contributed by atoms with E-state index < -0.39 is 0 Å². The lowest BCUT2D eigenvalue weighted by molar-refractivity contribution is 0.443. The van der Waals surface area contributed by atoms with Crippen LogP contribution in [0, 0.1) is 5.82 Å². The predicted octanol–water partition coefficient (Wildman–Crippen LogP) is 4.76. The molecule has 0 aliphatic carbocycles. The van der Waals surface area contributed by atoms with Crippen molar-refractivity contribution in [3.05, 3.63) is 58.6 Å². The normalized spacial score (nSPS) is 19.1. The smallest absolute Gasteiger partial charge is 0.141 e. The quantitative estimate of drug-likeness (QED) is 0.881. The molecule has 0 spiro atoms. The van der Waals surface area contributed by atoms with Crippen LogP contribution in [0.3, 0.4) is 0 Å². The topological polar surface area (TPSA) is 24.9 Å². The van der Waals surface area contributed by atoms with Crippen LogP contribution in [-0.2, 0) is 0 Å². The van der Waals surface area contributed by atoms with Crippen LogP contribution in [0.5, 0.6) is 0 Å². The highest BCUT2D eigenvalue weighted by atomic mass is 35.5. The first-order valence-electron chi connectivity index (χ1n) is 6.93. The number of pyridine rings is 1. The van der Waals surface area contributed by atoms with E-state index in [-0.39, 0.29) is 17.9 Å². The van der Waals surface area contributed by atoms with Gasteiger partial charge in [-0.1, -0.05) is 11.6 Å². The fourth-order valence-corrected chi connectivity index (χ4v) is 3.86. The predicted molar refractivity (Wildman–Crippen MR) is 85.3 cm³/mol. The van der Waals surface area contributed by atoms with Gasteiger partial charge >= 0.3 is 0 Å². The summed E-state index contributed by atoms with van der Waals surface area (Å²) in [5.74, 6) is 0.771. The van der Waals surface area contributed by atoms with Gasteiger partial charge in [0.1, 0.15) is 5.82 Å². The first-order chi connectivity index (χ1) is 10.1. The molecular weight excluding hydrogens is 307 g/mol. The van der Waals surface area contributed by atoms with Crippen molar-refractivity contribution in [2.75, 3.05) is 5.75 Å². The number of aromatic nitrogens is 1. The molecule has 0 bridgehead atoms. The van der Waals surface area contributed by atoms with E-state index in [0.717, 1.165) is 22.9 Å². The Hall–Kier alpha value is -1.10. The fourth-order valence-electron chi connectivity index (χ4n) is 2.57. The standard InChI is InChI=1S/C16H16ClFN2S/c1-10(14-4-3-12(18)9-19-14)20-15-6-7-21-16-5-2-11(17)8-13(15)16/h2-5,8-10,15,20H,6-7H2,1H3. The van der Waals surface area contributed by atoms with Crippen molar-refractivity contribution < 1.29 is 4.39 Å². The molecule has 2 nitrogen and oxygen atoms in total. The summed E-state index contributed by atoms with van der Waals surface area (Å²) in [4.78, 5) is 5.43. The lowest BCUT2D eigenvalue weighted by Gasteiger charge is -2.29. The van der Waals surface area contributed by atoms with E-state index in [1.54, 1.807) is 6.07 Å². The third-order valence-electron chi connectivity index (χ3n) is 3.66. The second-order valence-electron chi connectivity index (χ2n) is 5.16. The molecule has 0 fully saturated rings. The molecule has 1 aromatic heterocycles. The van der Waals surface area contributed by atoms with Gasteiger partial charge in [-0.25, -0.2) is 4.39 Å². The van der Waals surface area contributed by atoms with E-state index in [4.69, 9.17) is 11.6 Å². The second-order valence-corrected chi connectivity index (χ2v) is 6.73. The van der Waals surface area contributed by atoms with Crippen molar-refractivity contribution in [1.29, 1.82) is 0 Å². The largest absolute Gasteiger partial charge is 0.302 e. The van der Waals surface area contributed by atoms with Crippen LogP contribution in [-0.4, -0.2) is 10.7 Å². The van der Waals surface area contributed by atoms with Crippen LogP contribution in [0.2, 0.25) is 5.02 Å². The summed E-state index contributed by atoms with van der Waals surface area (Å²) >= 11 is 7.98. The minimum atomic E-state index is -0.308. The molecule has 1 aliphatic rings. The summed E-state index contributed by atoms with van der Waals surface area (Å²) < 4.78 is 12.9. The van der Waals surface area contributed by atoms with Crippen molar-refractivity contribution in [2.24, 2.45) is 0 Å². The average molecular weight is 323 g/mol. The molecule has 2 heterocycles. The molecule has 0 amide bonds. The van der Waals surface area contributed by atoms with Gasteiger partial charge in [0.25, 0.3) is 0 Å². The zero-order valence-corrected chi connectivity index (χ0v) is 13.2. The first-order valence-corrected chi connectivity index (χ1v) is 8.29. The molecule has 2 unspecified atom stereocenters. The third kappa shape index (κ3) is 3.39. The molecule has 2 atom stereocenters. The second kappa shape index (κ2) is 6.34. The third-order valence-corrected chi connectivity index (χ3v) is 5.01. The Balaban J connectivity index is 1.80. The first kappa shape index (κ1) is 14.8. The van der Waals surface area contributed by atoms with Gasteiger partial charge in [-0.2, -0.15) is 0 Å². The zero-order valence-electron chi connectivity index (χ0n) is 11.6. The van der Waals surface area contributed by atoms with Crippen LogP contribution in [0.4, 0.5) is 4.39 Å². The summed E-state index contributed by atoms with van der Waals surface area (Å²) in [5, 5.41) is 4.34. The van der Waals surface area contributed by atoms with Crippen LogP contribution in [0.1, 0.15) is 36.7 Å². The van der Waals surface area contributed by atoms with Crippen molar-refractivity contribution in [1.82, 2.24) is 10.3 Å². The number of thioether (sulfide) groups is 1. The summed E-state index contributed by atoms with van der Waals surface area (Å²) in [7, 11) is 0. The number of nitrogens with zero attached hydrogens (tertiary/aromatic N) is 1. The van der Waals surface area contributed by atoms with Gasteiger partial charge in [0.15, 0.2) is 0 Å². The maximum absolute atomic E-state index is 12.9. The lowest BCUT2D eigenvalue weighted by atomic mass is 10.0. The van der Waals surface area contributed by atoms with Gasteiger partial charge in [-0.05, 0) is 55.0 Å². The molecule has 1 aromatic carbocycles. The van der Waals surface area contributed by atoms with Crippen molar-refractivity contribution >= 4 is 23.4 Å². The van der Waals surface area contributed by atoms with Crippen LogP contribution >= 0.6 is 23.4 Å². The van der Waals surface area contributed by atoms with Gasteiger partial charge in [0.2, 0.25) is 0 Å². The molecule has 2 aromatic rings. The SMILES string of the molecule is CC(NC1CCSc2ccc(Cl)cc21)c1ccc(F)cn1. The molecular formula is C16H16ClFN2S. The Morgan fingerprint density at radius 1 is 1.38 bits per heavy atom. The minimum Gasteiger partial charge on any atom is -0.302 e. The average Bonchev–Trinajstić information content (AvgIpc) is 2.48. The molecule has 5 heteroatoms. The molecule has 0 saturated heterocycles. The molecule has 0 saturated carbocycles. The van der Waals surface area contributed by atoms with Crippen LogP contribution < -0.4 is 5.32 Å². The lowest BCUT2D eigenvalue weighted by Crippen LogP contribution is -2.27. The Bertz CT molecular complexity index is 633. The number of hydrogen-bond acceptors (Lipinski definition) is 3. The maximum atomic E-state index is 12.9. The number of benzene rings is 1. The summed E-state index contributed by atoms with van der Waals surface area (Å²) in [6, 6.07) is 9.53. The Kier molecular flexibility index (Phi) is 4.48. The van der Waals surface area contributed by atoms with E-state index in [0.29, 0.717) is 0 Å². The summed E-state index contributed by atoms with van der Waals surface area (Å²) in [5.41, 5.74) is 2.09. The molecule has 21 heavy (non-hydrogen) atoms.